The number of hydrogen-bond acceptors (Lipinski definition) is 5. The summed E-state index contributed by atoms with van der Waals surface area (Å²) in [6, 6.07) is 14.8. The fourth-order valence-corrected chi connectivity index (χ4v) is 3.40. The summed E-state index contributed by atoms with van der Waals surface area (Å²) in [5.41, 5.74) is 1.63. The number of benzene rings is 2. The Balaban J connectivity index is 1.49. The normalized spacial score (nSPS) is 17.5. The van der Waals surface area contributed by atoms with Crippen LogP contribution in [0.25, 0.3) is 10.8 Å². The number of unbranched alkanes of at least 4 members (excludes halogenated alkanes) is 2. The first kappa shape index (κ1) is 19.1. The zero-order chi connectivity index (χ0) is 19.2. The minimum Gasteiger partial charge on any atom is -0.458 e. The van der Waals surface area contributed by atoms with Crippen LogP contribution in [0.3, 0.4) is 0 Å². The molecule has 0 fully saturated rings. The lowest BCUT2D eigenvalue weighted by atomic mass is 9.99. The molecule has 0 aliphatic carbocycles. The number of cyclic esters (lactones) is 1. The molecule has 0 spiro atoms. The minimum absolute atomic E-state index is 0.324. The van der Waals surface area contributed by atoms with Crippen molar-refractivity contribution in [2.75, 3.05) is 0 Å². The molecule has 27 heavy (non-hydrogen) atoms. The van der Waals surface area contributed by atoms with Crippen LogP contribution in [0.2, 0.25) is 0 Å². The summed E-state index contributed by atoms with van der Waals surface area (Å²) in [6.07, 6.45) is 3.61. The average molecular weight is 368 g/mol. The van der Waals surface area contributed by atoms with E-state index in [-0.39, 0.29) is 0 Å². The van der Waals surface area contributed by atoms with Gasteiger partial charge < -0.3 is 14.6 Å². The Morgan fingerprint density at radius 3 is 2.63 bits per heavy atom. The monoisotopic (exact) mass is 368 g/mol. The van der Waals surface area contributed by atoms with Crippen LogP contribution in [0.15, 0.2) is 54.1 Å². The van der Waals surface area contributed by atoms with E-state index in [0.29, 0.717) is 12.0 Å². The third kappa shape index (κ3) is 5.17. The number of aliphatic hydroxyl groups is 1. The molecule has 1 heterocycles. The molecule has 5 heteroatoms. The van der Waals surface area contributed by atoms with Crippen molar-refractivity contribution in [1.29, 1.82) is 0 Å². The molecule has 1 aliphatic heterocycles. The lowest BCUT2D eigenvalue weighted by molar-refractivity contribution is -0.153. The van der Waals surface area contributed by atoms with E-state index >= 15 is 0 Å². The highest BCUT2D eigenvalue weighted by Gasteiger charge is 2.31. The van der Waals surface area contributed by atoms with Crippen molar-refractivity contribution in [3.63, 3.8) is 0 Å². The van der Waals surface area contributed by atoms with E-state index in [1.54, 1.807) is 0 Å². The van der Waals surface area contributed by atoms with Gasteiger partial charge in [-0.15, -0.1) is 0 Å². The molecule has 0 aromatic heterocycles. The summed E-state index contributed by atoms with van der Waals surface area (Å²) >= 11 is 0. The van der Waals surface area contributed by atoms with E-state index in [1.807, 2.05) is 12.1 Å². The van der Waals surface area contributed by atoms with Crippen LogP contribution in [0.1, 0.15) is 38.2 Å². The van der Waals surface area contributed by atoms with Crippen molar-refractivity contribution in [2.45, 2.75) is 51.4 Å². The summed E-state index contributed by atoms with van der Waals surface area (Å²) in [4.78, 5) is 22.6. The molecule has 5 nitrogen and oxygen atoms in total. The van der Waals surface area contributed by atoms with E-state index in [9.17, 15) is 14.7 Å². The molecule has 2 aromatic carbocycles. The van der Waals surface area contributed by atoms with Gasteiger partial charge in [-0.3, -0.25) is 4.79 Å². The Kier molecular flexibility index (Phi) is 6.24. The van der Waals surface area contributed by atoms with Crippen LogP contribution < -0.4 is 0 Å². The molecule has 0 bridgehead atoms. The SMILES string of the molecule is CC(=O)OC(CCCCCc1ccc2ccccc2c1)C1=CC(=O)OC1O. The number of carbonyl (C=O) groups excluding carboxylic acids is 2. The maximum absolute atomic E-state index is 11.3. The van der Waals surface area contributed by atoms with Crippen LogP contribution in [0, 0.1) is 0 Å². The minimum atomic E-state index is -1.32. The molecule has 2 unspecified atom stereocenters. The number of carbonyl (C=O) groups is 2. The van der Waals surface area contributed by atoms with Crippen molar-refractivity contribution >= 4 is 22.7 Å². The Bertz CT molecular complexity index is 855. The first-order valence-electron chi connectivity index (χ1n) is 9.28. The van der Waals surface area contributed by atoms with Gasteiger partial charge in [0.15, 0.2) is 0 Å². The van der Waals surface area contributed by atoms with E-state index in [4.69, 9.17) is 4.74 Å². The topological polar surface area (TPSA) is 72.8 Å². The van der Waals surface area contributed by atoms with Crippen LogP contribution in [-0.4, -0.2) is 29.4 Å². The number of rotatable bonds is 8. The highest BCUT2D eigenvalue weighted by atomic mass is 16.6. The van der Waals surface area contributed by atoms with Gasteiger partial charge in [-0.05, 0) is 42.0 Å². The molecule has 142 valence electrons. The summed E-state index contributed by atoms with van der Waals surface area (Å²) < 4.78 is 9.96. The second-order valence-electron chi connectivity index (χ2n) is 6.81. The molecule has 2 aromatic rings. The quantitative estimate of drug-likeness (QED) is 0.568. The van der Waals surface area contributed by atoms with Crippen LogP contribution in [0.5, 0.6) is 0 Å². The number of ether oxygens (including phenoxy) is 2. The number of aliphatic hydroxyl groups excluding tert-OH is 1. The van der Waals surface area contributed by atoms with E-state index < -0.39 is 24.3 Å². The fourth-order valence-electron chi connectivity index (χ4n) is 3.40. The smallest absolute Gasteiger partial charge is 0.333 e. The second-order valence-corrected chi connectivity index (χ2v) is 6.81. The second kappa shape index (κ2) is 8.82. The highest BCUT2D eigenvalue weighted by Crippen LogP contribution is 2.24. The van der Waals surface area contributed by atoms with Gasteiger partial charge in [0.1, 0.15) is 6.10 Å². The molecule has 2 atom stereocenters. The lowest BCUT2D eigenvalue weighted by Gasteiger charge is -2.19. The maximum atomic E-state index is 11.3. The highest BCUT2D eigenvalue weighted by molar-refractivity contribution is 5.86. The standard InChI is InChI=1S/C22H24O5/c1-15(23)26-20(19-14-21(24)27-22(19)25)10-4-2-3-7-16-11-12-17-8-5-6-9-18(17)13-16/h5-6,8-9,11-14,20,22,25H,2-4,7,10H2,1H3. The van der Waals surface area contributed by atoms with Gasteiger partial charge in [-0.25, -0.2) is 4.79 Å². The Labute approximate surface area is 158 Å². The van der Waals surface area contributed by atoms with Gasteiger partial charge in [-0.1, -0.05) is 48.9 Å². The Hall–Kier alpha value is -2.66. The predicted molar refractivity (Wildman–Crippen MR) is 102 cm³/mol. The molecule has 1 aliphatic rings. The summed E-state index contributed by atoms with van der Waals surface area (Å²) in [6.45, 7) is 1.32. The predicted octanol–water partition coefficient (Wildman–Crippen LogP) is 3.68. The van der Waals surface area contributed by atoms with Gasteiger partial charge in [0, 0.05) is 18.6 Å². The van der Waals surface area contributed by atoms with Gasteiger partial charge in [0.05, 0.1) is 0 Å². The largest absolute Gasteiger partial charge is 0.458 e. The van der Waals surface area contributed by atoms with Crippen molar-refractivity contribution < 1.29 is 24.2 Å². The number of esters is 2. The van der Waals surface area contributed by atoms with Gasteiger partial charge in [0.25, 0.3) is 0 Å². The van der Waals surface area contributed by atoms with Crippen LogP contribution >= 0.6 is 0 Å². The van der Waals surface area contributed by atoms with E-state index in [2.05, 4.69) is 35.1 Å². The van der Waals surface area contributed by atoms with Gasteiger partial charge in [-0.2, -0.15) is 0 Å². The summed E-state index contributed by atoms with van der Waals surface area (Å²) in [5, 5.41) is 12.3. The average Bonchev–Trinajstić information content (AvgIpc) is 2.98. The lowest BCUT2D eigenvalue weighted by Crippen LogP contribution is -2.25. The van der Waals surface area contributed by atoms with Crippen molar-refractivity contribution in [3.8, 4) is 0 Å². The van der Waals surface area contributed by atoms with Gasteiger partial charge in [0.2, 0.25) is 6.29 Å². The van der Waals surface area contributed by atoms with E-state index in [1.165, 1.54) is 29.3 Å². The summed E-state index contributed by atoms with van der Waals surface area (Å²) in [5.74, 6) is -1.05. The first-order chi connectivity index (χ1) is 13.0. The summed E-state index contributed by atoms with van der Waals surface area (Å²) in [7, 11) is 0. The third-order valence-corrected chi connectivity index (χ3v) is 4.72. The van der Waals surface area contributed by atoms with E-state index in [0.717, 1.165) is 25.7 Å². The zero-order valence-electron chi connectivity index (χ0n) is 15.4. The fraction of sp³-hybridized carbons (Fsp3) is 0.364. The molecular formula is C22H24O5. The molecule has 3 rings (SSSR count). The van der Waals surface area contributed by atoms with Crippen LogP contribution in [0.4, 0.5) is 0 Å². The molecule has 0 radical (unpaired) electrons. The first-order valence-corrected chi connectivity index (χ1v) is 9.28. The third-order valence-electron chi connectivity index (χ3n) is 4.72. The molecule has 0 saturated carbocycles. The Morgan fingerprint density at radius 1 is 1.15 bits per heavy atom. The van der Waals surface area contributed by atoms with Crippen molar-refractivity contribution in [3.05, 3.63) is 59.7 Å². The molecule has 0 saturated heterocycles. The van der Waals surface area contributed by atoms with Crippen molar-refractivity contribution in [2.24, 2.45) is 0 Å². The number of fused-ring (bicyclic) bond motifs is 1. The molecule has 0 amide bonds. The number of hydrogen-bond donors (Lipinski definition) is 1. The van der Waals surface area contributed by atoms with Crippen molar-refractivity contribution in [1.82, 2.24) is 0 Å². The van der Waals surface area contributed by atoms with Crippen LogP contribution in [-0.2, 0) is 25.5 Å². The van der Waals surface area contributed by atoms with Gasteiger partial charge >= 0.3 is 11.9 Å². The molecule has 1 N–H and O–H groups in total. The Morgan fingerprint density at radius 2 is 1.93 bits per heavy atom. The number of aryl methyl sites for hydroxylation is 1. The molecular weight excluding hydrogens is 344 g/mol. The maximum Gasteiger partial charge on any atom is 0.333 e. The zero-order valence-corrected chi connectivity index (χ0v) is 15.4.